The molecule has 3 nitrogen and oxygen atoms in total. The second-order valence-electron chi connectivity index (χ2n) is 3.53. The lowest BCUT2D eigenvalue weighted by atomic mass is 10.2. The summed E-state index contributed by atoms with van der Waals surface area (Å²) in [5.74, 6) is -0.0950. The highest BCUT2D eigenvalue weighted by Gasteiger charge is 2.09. The number of amides is 1. The molecular weight excluding hydrogens is 432 g/mol. The quantitative estimate of drug-likeness (QED) is 0.396. The first kappa shape index (κ1) is 16.2. The summed E-state index contributed by atoms with van der Waals surface area (Å²) in [5.41, 5.74) is 0.615. The number of ether oxygens (including phenoxy) is 1. The fourth-order valence-electron chi connectivity index (χ4n) is 1.30. The molecule has 0 aliphatic rings. The molecule has 0 aromatic heterocycles. The minimum atomic E-state index is -0.0950. The van der Waals surface area contributed by atoms with E-state index in [0.717, 1.165) is 15.3 Å². The van der Waals surface area contributed by atoms with Crippen molar-refractivity contribution in [1.29, 1.82) is 0 Å². The zero-order valence-corrected chi connectivity index (χ0v) is 14.2. The maximum atomic E-state index is 11.9. The van der Waals surface area contributed by atoms with Crippen molar-refractivity contribution in [2.75, 3.05) is 25.1 Å². The molecule has 0 saturated heterocycles. The molecule has 0 bridgehead atoms. The summed E-state index contributed by atoms with van der Waals surface area (Å²) in [6.45, 7) is 1.95. The van der Waals surface area contributed by atoms with Crippen molar-refractivity contribution in [2.45, 2.75) is 6.42 Å². The molecule has 6 heteroatoms. The zero-order valence-electron chi connectivity index (χ0n) is 9.72. The predicted molar refractivity (Wildman–Crippen MR) is 85.7 cm³/mol. The first-order valence-electron chi connectivity index (χ1n) is 5.52. The van der Waals surface area contributed by atoms with E-state index in [1.165, 1.54) is 0 Å². The van der Waals surface area contributed by atoms with E-state index in [1.54, 1.807) is 12.1 Å². The minimum Gasteiger partial charge on any atom is -0.381 e. The van der Waals surface area contributed by atoms with Crippen molar-refractivity contribution in [3.63, 3.8) is 0 Å². The van der Waals surface area contributed by atoms with Crippen LogP contribution in [0.2, 0.25) is 5.02 Å². The first-order chi connectivity index (χ1) is 8.65. The molecule has 0 aliphatic carbocycles. The maximum Gasteiger partial charge on any atom is 0.252 e. The van der Waals surface area contributed by atoms with Crippen LogP contribution in [-0.4, -0.2) is 31.0 Å². The standard InChI is InChI=1S/C12H14BrClINO2/c13-4-7-18-6-1-5-16-12(17)10-8-9(14)2-3-11(10)15/h2-3,8H,1,4-7H2,(H,16,17). The Hall–Kier alpha value is 0.150. The second-order valence-corrected chi connectivity index (χ2v) is 5.93. The van der Waals surface area contributed by atoms with Crippen LogP contribution in [-0.2, 0) is 4.74 Å². The van der Waals surface area contributed by atoms with Crippen LogP contribution < -0.4 is 5.32 Å². The second kappa shape index (κ2) is 9.12. The van der Waals surface area contributed by atoms with Crippen LogP contribution in [0.4, 0.5) is 0 Å². The van der Waals surface area contributed by atoms with Crippen LogP contribution in [0.15, 0.2) is 18.2 Å². The average molecular weight is 447 g/mol. The van der Waals surface area contributed by atoms with Crippen molar-refractivity contribution < 1.29 is 9.53 Å². The van der Waals surface area contributed by atoms with Crippen LogP contribution in [0.5, 0.6) is 0 Å². The largest absolute Gasteiger partial charge is 0.381 e. The molecule has 0 atom stereocenters. The smallest absolute Gasteiger partial charge is 0.252 e. The van der Waals surface area contributed by atoms with E-state index in [1.807, 2.05) is 6.07 Å². The van der Waals surface area contributed by atoms with Gasteiger partial charge < -0.3 is 10.1 Å². The summed E-state index contributed by atoms with van der Waals surface area (Å²) in [6.07, 6.45) is 0.801. The molecule has 0 radical (unpaired) electrons. The van der Waals surface area contributed by atoms with Crippen molar-refractivity contribution in [3.05, 3.63) is 32.4 Å². The molecule has 1 amide bonds. The van der Waals surface area contributed by atoms with Gasteiger partial charge in [0.2, 0.25) is 0 Å². The van der Waals surface area contributed by atoms with Gasteiger partial charge in [-0.1, -0.05) is 27.5 Å². The molecule has 0 unspecified atom stereocenters. The normalized spacial score (nSPS) is 10.4. The van der Waals surface area contributed by atoms with Gasteiger partial charge in [-0.3, -0.25) is 4.79 Å². The van der Waals surface area contributed by atoms with Crippen LogP contribution in [0.1, 0.15) is 16.8 Å². The molecular formula is C12H14BrClINO2. The van der Waals surface area contributed by atoms with Gasteiger partial charge in [-0.25, -0.2) is 0 Å². The van der Waals surface area contributed by atoms with Gasteiger partial charge >= 0.3 is 0 Å². The number of hydrogen-bond acceptors (Lipinski definition) is 2. The molecule has 0 saturated carbocycles. The summed E-state index contributed by atoms with van der Waals surface area (Å²) in [6, 6.07) is 5.28. The summed E-state index contributed by atoms with van der Waals surface area (Å²) in [7, 11) is 0. The molecule has 0 spiro atoms. The van der Waals surface area contributed by atoms with E-state index in [2.05, 4.69) is 43.8 Å². The molecule has 1 N–H and O–H groups in total. The van der Waals surface area contributed by atoms with Crippen LogP contribution in [0.25, 0.3) is 0 Å². The number of nitrogens with one attached hydrogen (secondary N) is 1. The Kier molecular flexibility index (Phi) is 8.21. The van der Waals surface area contributed by atoms with E-state index in [4.69, 9.17) is 16.3 Å². The fraction of sp³-hybridized carbons (Fsp3) is 0.417. The molecule has 1 aromatic rings. The van der Waals surface area contributed by atoms with E-state index >= 15 is 0 Å². The SMILES string of the molecule is O=C(NCCCOCCBr)c1cc(Cl)ccc1I. The molecule has 1 aromatic carbocycles. The van der Waals surface area contributed by atoms with Crippen LogP contribution in [0.3, 0.4) is 0 Å². The number of hydrogen-bond donors (Lipinski definition) is 1. The third-order valence-corrected chi connectivity index (χ3v) is 3.65. The highest BCUT2D eigenvalue weighted by molar-refractivity contribution is 14.1. The number of carbonyl (C=O) groups excluding carboxylic acids is 1. The van der Waals surface area contributed by atoms with E-state index in [0.29, 0.717) is 30.3 Å². The van der Waals surface area contributed by atoms with Crippen LogP contribution >= 0.6 is 50.1 Å². The lowest BCUT2D eigenvalue weighted by molar-refractivity contribution is 0.0944. The van der Waals surface area contributed by atoms with Gasteiger partial charge in [-0.05, 0) is 47.2 Å². The van der Waals surface area contributed by atoms with Crippen molar-refractivity contribution in [1.82, 2.24) is 5.32 Å². The summed E-state index contributed by atoms with van der Waals surface area (Å²) < 4.78 is 6.19. The number of halogens is 3. The van der Waals surface area contributed by atoms with E-state index in [9.17, 15) is 4.79 Å². The topological polar surface area (TPSA) is 38.3 Å². The number of rotatable bonds is 7. The number of alkyl halides is 1. The van der Waals surface area contributed by atoms with Gasteiger partial charge in [-0.2, -0.15) is 0 Å². The zero-order chi connectivity index (χ0) is 13.4. The third kappa shape index (κ3) is 5.86. The highest BCUT2D eigenvalue weighted by atomic mass is 127. The molecule has 0 fully saturated rings. The Labute approximate surface area is 134 Å². The lowest BCUT2D eigenvalue weighted by Gasteiger charge is -2.07. The van der Waals surface area contributed by atoms with Gasteiger partial charge in [0.25, 0.3) is 5.91 Å². The maximum absolute atomic E-state index is 11.9. The Morgan fingerprint density at radius 3 is 2.94 bits per heavy atom. The molecule has 1 rings (SSSR count). The van der Waals surface area contributed by atoms with Gasteiger partial charge in [0.1, 0.15) is 0 Å². The van der Waals surface area contributed by atoms with E-state index < -0.39 is 0 Å². The highest BCUT2D eigenvalue weighted by Crippen LogP contribution is 2.17. The van der Waals surface area contributed by atoms with Gasteiger partial charge in [0, 0.05) is 27.1 Å². The number of benzene rings is 1. The Balaban J connectivity index is 2.34. The molecule has 0 aliphatic heterocycles. The van der Waals surface area contributed by atoms with Gasteiger partial charge in [0.15, 0.2) is 0 Å². The van der Waals surface area contributed by atoms with Crippen molar-refractivity contribution >= 4 is 56.0 Å². The van der Waals surface area contributed by atoms with Crippen LogP contribution in [0, 0.1) is 3.57 Å². The van der Waals surface area contributed by atoms with Gasteiger partial charge in [0.05, 0.1) is 12.2 Å². The Bertz CT molecular complexity index is 404. The average Bonchev–Trinajstić information content (AvgIpc) is 2.36. The van der Waals surface area contributed by atoms with Gasteiger partial charge in [-0.15, -0.1) is 0 Å². The first-order valence-corrected chi connectivity index (χ1v) is 8.10. The molecule has 18 heavy (non-hydrogen) atoms. The summed E-state index contributed by atoms with van der Waals surface area (Å²) in [5, 5.41) is 4.25. The minimum absolute atomic E-state index is 0.0950. The fourth-order valence-corrected chi connectivity index (χ4v) is 2.28. The Morgan fingerprint density at radius 2 is 2.22 bits per heavy atom. The monoisotopic (exact) mass is 445 g/mol. The third-order valence-electron chi connectivity index (χ3n) is 2.15. The molecule has 0 heterocycles. The van der Waals surface area contributed by atoms with E-state index in [-0.39, 0.29) is 5.91 Å². The molecule has 100 valence electrons. The summed E-state index contributed by atoms with van der Waals surface area (Å²) in [4.78, 5) is 11.9. The lowest BCUT2D eigenvalue weighted by Crippen LogP contribution is -2.26. The van der Waals surface area contributed by atoms with Crippen molar-refractivity contribution in [3.8, 4) is 0 Å². The Morgan fingerprint density at radius 1 is 1.44 bits per heavy atom. The predicted octanol–water partition coefficient (Wildman–Crippen LogP) is 3.48. The summed E-state index contributed by atoms with van der Waals surface area (Å²) >= 11 is 11.3. The number of carbonyl (C=O) groups is 1. The van der Waals surface area contributed by atoms with Crippen molar-refractivity contribution in [2.24, 2.45) is 0 Å².